The van der Waals surface area contributed by atoms with Crippen LogP contribution in [0.5, 0.6) is 0 Å². The normalized spacial score (nSPS) is 12.9. The molecule has 2 nitrogen and oxygen atoms in total. The molecular weight excluding hydrogens is 643 g/mol. The number of fused-ring (bicyclic) bond motifs is 6. The Morgan fingerprint density at radius 2 is 0.906 bits per heavy atom. The van der Waals surface area contributed by atoms with E-state index in [0.29, 0.717) is 0 Å². The number of nitrogens with zero attached hydrogens (tertiary/aromatic N) is 1. The van der Waals surface area contributed by atoms with Crippen molar-refractivity contribution in [3.63, 3.8) is 0 Å². The van der Waals surface area contributed by atoms with Crippen LogP contribution >= 0.6 is 0 Å². The van der Waals surface area contributed by atoms with Crippen molar-refractivity contribution < 1.29 is 4.42 Å². The molecule has 1 heterocycles. The average molecular weight is 680 g/mol. The highest BCUT2D eigenvalue weighted by Crippen LogP contribution is 2.51. The topological polar surface area (TPSA) is 16.4 Å². The molecule has 0 unspecified atom stereocenters. The molecule has 252 valence electrons. The van der Waals surface area contributed by atoms with E-state index in [9.17, 15) is 0 Å². The summed E-state index contributed by atoms with van der Waals surface area (Å²) in [5, 5.41) is 2.23. The molecule has 1 aromatic heterocycles. The third-order valence-corrected chi connectivity index (χ3v) is 11.1. The molecule has 1 aliphatic rings. The van der Waals surface area contributed by atoms with Gasteiger partial charge in [-0.25, -0.2) is 0 Å². The summed E-state index contributed by atoms with van der Waals surface area (Å²) in [6.45, 7) is 4.70. The SMILES string of the molecule is CC1(C)c2ccccc2-c2ccc(-c3cc4c(cc3N(c3ccc(-c5ccccc5)cc3)c3ccc(-c5ccccc5)cc3)oc3ccccc34)cc21. The molecule has 0 aliphatic heterocycles. The van der Waals surface area contributed by atoms with Crippen molar-refractivity contribution in [2.75, 3.05) is 4.90 Å². The lowest BCUT2D eigenvalue weighted by molar-refractivity contribution is 0.660. The molecule has 0 saturated heterocycles. The standard InChI is InChI=1S/C51H37NO/c1-51(2)46-19-11-9-17-41(46)42-30-25-38(31-47(42)51)44-32-45-43-18-10-12-20-49(43)53-50(45)33-48(44)52(39-26-21-36(22-27-39)34-13-5-3-6-14-34)40-28-23-37(24-29-40)35-15-7-4-8-16-35/h3-33H,1-2H3. The van der Waals surface area contributed by atoms with Crippen molar-refractivity contribution in [3.8, 4) is 44.5 Å². The van der Waals surface area contributed by atoms with Crippen LogP contribution < -0.4 is 4.90 Å². The van der Waals surface area contributed by atoms with Gasteiger partial charge in [-0.3, -0.25) is 0 Å². The van der Waals surface area contributed by atoms with Crippen LogP contribution in [0.4, 0.5) is 17.1 Å². The van der Waals surface area contributed by atoms with Gasteiger partial charge in [-0.2, -0.15) is 0 Å². The molecule has 53 heavy (non-hydrogen) atoms. The first-order chi connectivity index (χ1) is 26.0. The van der Waals surface area contributed by atoms with Gasteiger partial charge in [0.25, 0.3) is 0 Å². The van der Waals surface area contributed by atoms with Crippen molar-refractivity contribution in [1.82, 2.24) is 0 Å². The molecule has 0 amide bonds. The third-order valence-electron chi connectivity index (χ3n) is 11.1. The molecule has 0 bridgehead atoms. The highest BCUT2D eigenvalue weighted by Gasteiger charge is 2.35. The second kappa shape index (κ2) is 12.3. The van der Waals surface area contributed by atoms with Gasteiger partial charge in [-0.05, 0) is 92.5 Å². The number of rotatable bonds is 6. The van der Waals surface area contributed by atoms with Gasteiger partial charge in [-0.1, -0.05) is 153 Å². The van der Waals surface area contributed by atoms with Crippen LogP contribution in [0.1, 0.15) is 25.0 Å². The maximum Gasteiger partial charge on any atom is 0.137 e. The van der Waals surface area contributed by atoms with Crippen LogP contribution in [-0.2, 0) is 5.41 Å². The quantitative estimate of drug-likeness (QED) is 0.174. The minimum absolute atomic E-state index is 0.116. The highest BCUT2D eigenvalue weighted by atomic mass is 16.3. The van der Waals surface area contributed by atoms with E-state index in [4.69, 9.17) is 4.42 Å². The minimum atomic E-state index is -0.116. The molecular formula is C51H37NO. The van der Waals surface area contributed by atoms with E-state index in [0.717, 1.165) is 44.6 Å². The van der Waals surface area contributed by atoms with Gasteiger partial charge in [0, 0.05) is 39.2 Å². The first-order valence-corrected chi connectivity index (χ1v) is 18.3. The van der Waals surface area contributed by atoms with Crippen LogP contribution in [0.25, 0.3) is 66.4 Å². The lowest BCUT2D eigenvalue weighted by Gasteiger charge is -2.29. The summed E-state index contributed by atoms with van der Waals surface area (Å²) < 4.78 is 6.58. The van der Waals surface area contributed by atoms with Gasteiger partial charge >= 0.3 is 0 Å². The Morgan fingerprint density at radius 1 is 0.377 bits per heavy atom. The van der Waals surface area contributed by atoms with Gasteiger partial charge in [0.05, 0.1) is 5.69 Å². The van der Waals surface area contributed by atoms with E-state index in [1.54, 1.807) is 0 Å². The Bertz CT molecular complexity index is 2690. The van der Waals surface area contributed by atoms with Crippen LogP contribution in [-0.4, -0.2) is 0 Å². The van der Waals surface area contributed by atoms with Gasteiger partial charge in [0.15, 0.2) is 0 Å². The second-order valence-corrected chi connectivity index (χ2v) is 14.6. The lowest BCUT2D eigenvalue weighted by Crippen LogP contribution is -2.15. The Morgan fingerprint density at radius 3 is 1.57 bits per heavy atom. The molecule has 9 aromatic rings. The Balaban J connectivity index is 1.21. The van der Waals surface area contributed by atoms with Crippen molar-refractivity contribution in [2.24, 2.45) is 0 Å². The van der Waals surface area contributed by atoms with Crippen molar-refractivity contribution in [1.29, 1.82) is 0 Å². The molecule has 0 spiro atoms. The Hall–Kier alpha value is -6.64. The Kier molecular flexibility index (Phi) is 7.19. The fourth-order valence-electron chi connectivity index (χ4n) is 8.34. The molecule has 0 atom stereocenters. The molecule has 1 aliphatic carbocycles. The van der Waals surface area contributed by atoms with E-state index in [-0.39, 0.29) is 5.41 Å². The van der Waals surface area contributed by atoms with E-state index in [1.165, 1.54) is 50.1 Å². The fourth-order valence-corrected chi connectivity index (χ4v) is 8.34. The first-order valence-electron chi connectivity index (χ1n) is 18.3. The maximum absolute atomic E-state index is 6.58. The van der Waals surface area contributed by atoms with Gasteiger partial charge < -0.3 is 9.32 Å². The molecule has 0 saturated carbocycles. The molecule has 0 N–H and O–H groups in total. The number of hydrogen-bond donors (Lipinski definition) is 0. The van der Waals surface area contributed by atoms with Crippen molar-refractivity contribution in [2.45, 2.75) is 19.3 Å². The highest BCUT2D eigenvalue weighted by molar-refractivity contribution is 6.09. The van der Waals surface area contributed by atoms with E-state index >= 15 is 0 Å². The summed E-state index contributed by atoms with van der Waals surface area (Å²) in [7, 11) is 0. The van der Waals surface area contributed by atoms with Crippen molar-refractivity contribution in [3.05, 3.63) is 199 Å². The first kappa shape index (κ1) is 31.1. The lowest BCUT2D eigenvalue weighted by atomic mass is 9.81. The zero-order valence-corrected chi connectivity index (χ0v) is 29.8. The van der Waals surface area contributed by atoms with Gasteiger partial charge in [0.1, 0.15) is 11.2 Å². The predicted octanol–water partition coefficient (Wildman–Crippen LogP) is 14.4. The number of hydrogen-bond acceptors (Lipinski definition) is 2. The van der Waals surface area contributed by atoms with E-state index in [1.807, 2.05) is 6.07 Å². The van der Waals surface area contributed by atoms with Crippen LogP contribution in [0, 0.1) is 0 Å². The fraction of sp³-hybridized carbons (Fsp3) is 0.0588. The second-order valence-electron chi connectivity index (χ2n) is 14.6. The Labute approximate surface area is 310 Å². The van der Waals surface area contributed by atoms with Gasteiger partial charge in [0.2, 0.25) is 0 Å². The van der Waals surface area contributed by atoms with Crippen LogP contribution in [0.15, 0.2) is 192 Å². The molecule has 0 fully saturated rings. The van der Waals surface area contributed by atoms with Crippen LogP contribution in [0.2, 0.25) is 0 Å². The predicted molar refractivity (Wildman–Crippen MR) is 222 cm³/mol. The maximum atomic E-state index is 6.58. The van der Waals surface area contributed by atoms with E-state index < -0.39 is 0 Å². The minimum Gasteiger partial charge on any atom is -0.456 e. The summed E-state index contributed by atoms with van der Waals surface area (Å²) in [6, 6.07) is 67.9. The smallest absolute Gasteiger partial charge is 0.137 e. The number of anilines is 3. The van der Waals surface area contributed by atoms with Crippen molar-refractivity contribution >= 4 is 39.0 Å². The summed E-state index contributed by atoms with van der Waals surface area (Å²) in [6.07, 6.45) is 0. The molecule has 2 heteroatoms. The van der Waals surface area contributed by atoms with Crippen LogP contribution in [0.3, 0.4) is 0 Å². The zero-order valence-electron chi connectivity index (χ0n) is 29.8. The molecule has 8 aromatic carbocycles. The zero-order chi connectivity index (χ0) is 35.5. The summed E-state index contributed by atoms with van der Waals surface area (Å²) in [5.41, 5.74) is 17.3. The summed E-state index contributed by atoms with van der Waals surface area (Å²) in [4.78, 5) is 2.39. The summed E-state index contributed by atoms with van der Waals surface area (Å²) in [5.74, 6) is 0. The number of furan rings is 1. The third kappa shape index (κ3) is 5.18. The molecule has 10 rings (SSSR count). The largest absolute Gasteiger partial charge is 0.456 e. The van der Waals surface area contributed by atoms with Gasteiger partial charge in [-0.15, -0.1) is 0 Å². The average Bonchev–Trinajstić information content (AvgIpc) is 3.69. The monoisotopic (exact) mass is 679 g/mol. The van der Waals surface area contributed by atoms with E-state index in [2.05, 4.69) is 201 Å². The number of para-hydroxylation sites is 1. The molecule has 0 radical (unpaired) electrons. The summed E-state index contributed by atoms with van der Waals surface area (Å²) >= 11 is 0. The number of benzene rings is 8.